The Hall–Kier alpha value is -2.93. The van der Waals surface area contributed by atoms with Crippen LogP contribution in [0.5, 0.6) is 5.75 Å². The Morgan fingerprint density at radius 3 is 2.21 bits per heavy atom. The standard InChI is InChI=1S/C27H34N2O4S/c1-19-10-12-21(13-11-19)18-29-25(34)31-23(28-29)9-7-8-20-14-16-22(17-15-20)32-27(5,6)24(30)33-26(2,3)4/h10-17H,7-9,18H2,1-6H3. The molecule has 0 fully saturated rings. The second-order valence-electron chi connectivity index (χ2n) is 10.0. The molecule has 3 aromatic rings. The van der Waals surface area contributed by atoms with Crippen LogP contribution in [0, 0.1) is 11.8 Å². The van der Waals surface area contributed by atoms with E-state index in [4.69, 9.17) is 26.1 Å². The molecule has 0 aliphatic rings. The smallest absolute Gasteiger partial charge is 0.350 e. The maximum absolute atomic E-state index is 12.4. The molecule has 0 atom stereocenters. The minimum absolute atomic E-state index is 0.393. The van der Waals surface area contributed by atoms with E-state index in [2.05, 4.69) is 36.3 Å². The third kappa shape index (κ3) is 7.55. The van der Waals surface area contributed by atoms with Crippen LogP contribution >= 0.6 is 12.2 Å². The summed E-state index contributed by atoms with van der Waals surface area (Å²) in [4.78, 5) is 12.8. The Balaban J connectivity index is 1.51. The molecule has 1 aromatic heterocycles. The number of ether oxygens (including phenoxy) is 2. The summed E-state index contributed by atoms with van der Waals surface area (Å²) in [6, 6.07) is 16.1. The first-order chi connectivity index (χ1) is 15.9. The highest BCUT2D eigenvalue weighted by atomic mass is 32.1. The number of carbonyl (C=O) groups is 1. The van der Waals surface area contributed by atoms with Crippen molar-refractivity contribution < 1.29 is 18.7 Å². The molecule has 0 spiro atoms. The highest BCUT2D eigenvalue weighted by molar-refractivity contribution is 7.71. The molecule has 0 unspecified atom stereocenters. The number of aromatic nitrogens is 2. The van der Waals surface area contributed by atoms with Crippen molar-refractivity contribution in [3.05, 3.63) is 75.9 Å². The van der Waals surface area contributed by atoms with E-state index in [1.54, 1.807) is 18.5 Å². The van der Waals surface area contributed by atoms with Crippen LogP contribution < -0.4 is 4.74 Å². The fourth-order valence-electron chi connectivity index (χ4n) is 3.32. The SMILES string of the molecule is Cc1ccc(Cn2nc(CCCc3ccc(OC(C)(C)C(=O)OC(C)(C)C)cc3)oc2=S)cc1. The molecule has 182 valence electrons. The lowest BCUT2D eigenvalue weighted by molar-refractivity contribution is -0.170. The van der Waals surface area contributed by atoms with E-state index in [0.717, 1.165) is 18.4 Å². The van der Waals surface area contributed by atoms with Crippen molar-refractivity contribution in [1.29, 1.82) is 0 Å². The molecule has 1 heterocycles. The Kier molecular flexibility index (Phi) is 7.97. The fourth-order valence-corrected chi connectivity index (χ4v) is 3.52. The predicted molar refractivity (Wildman–Crippen MR) is 135 cm³/mol. The van der Waals surface area contributed by atoms with E-state index in [9.17, 15) is 4.79 Å². The van der Waals surface area contributed by atoms with Crippen molar-refractivity contribution >= 4 is 18.2 Å². The van der Waals surface area contributed by atoms with Crippen LogP contribution in [0.4, 0.5) is 0 Å². The van der Waals surface area contributed by atoms with Crippen LogP contribution in [-0.2, 0) is 28.9 Å². The summed E-state index contributed by atoms with van der Waals surface area (Å²) in [5, 5.41) is 4.54. The monoisotopic (exact) mass is 482 g/mol. The van der Waals surface area contributed by atoms with Gasteiger partial charge in [0.25, 0.3) is 4.84 Å². The minimum Gasteiger partial charge on any atom is -0.476 e. The lowest BCUT2D eigenvalue weighted by Gasteiger charge is -2.29. The van der Waals surface area contributed by atoms with Gasteiger partial charge in [-0.1, -0.05) is 42.0 Å². The van der Waals surface area contributed by atoms with Crippen molar-refractivity contribution in [2.75, 3.05) is 0 Å². The fraction of sp³-hybridized carbons (Fsp3) is 0.444. The first kappa shape index (κ1) is 25.7. The molecule has 3 rings (SSSR count). The van der Waals surface area contributed by atoms with Gasteiger partial charge in [0.2, 0.25) is 5.89 Å². The maximum Gasteiger partial charge on any atom is 0.350 e. The number of aryl methyl sites for hydroxylation is 3. The molecule has 7 heteroatoms. The zero-order valence-electron chi connectivity index (χ0n) is 20.9. The molecule has 34 heavy (non-hydrogen) atoms. The Bertz CT molecular complexity index is 1150. The number of nitrogens with zero attached hydrogens (tertiary/aromatic N) is 2. The summed E-state index contributed by atoms with van der Waals surface area (Å²) in [7, 11) is 0. The van der Waals surface area contributed by atoms with Gasteiger partial charge in [0, 0.05) is 6.42 Å². The van der Waals surface area contributed by atoms with E-state index in [1.165, 1.54) is 11.1 Å². The molecule has 6 nitrogen and oxygen atoms in total. The van der Waals surface area contributed by atoms with Gasteiger partial charge >= 0.3 is 5.97 Å². The van der Waals surface area contributed by atoms with Gasteiger partial charge in [0.05, 0.1) is 6.54 Å². The molecule has 0 saturated heterocycles. The summed E-state index contributed by atoms with van der Waals surface area (Å²) >= 11 is 5.33. The van der Waals surface area contributed by atoms with E-state index < -0.39 is 17.2 Å². The molecular formula is C27H34N2O4S. The molecule has 0 saturated carbocycles. The van der Waals surface area contributed by atoms with Crippen molar-refractivity contribution in [3.63, 3.8) is 0 Å². The summed E-state index contributed by atoms with van der Waals surface area (Å²) < 4.78 is 18.8. The van der Waals surface area contributed by atoms with Crippen molar-refractivity contribution in [1.82, 2.24) is 9.78 Å². The van der Waals surface area contributed by atoms with E-state index in [0.29, 0.717) is 29.4 Å². The van der Waals surface area contributed by atoms with Gasteiger partial charge < -0.3 is 13.9 Å². The lowest BCUT2D eigenvalue weighted by Crippen LogP contribution is -2.43. The molecule has 0 N–H and O–H groups in total. The van der Waals surface area contributed by atoms with Crippen LogP contribution in [0.2, 0.25) is 0 Å². The Morgan fingerprint density at radius 2 is 1.59 bits per heavy atom. The zero-order chi connectivity index (χ0) is 24.9. The van der Waals surface area contributed by atoms with Crippen LogP contribution in [-0.4, -0.2) is 27.0 Å². The topological polar surface area (TPSA) is 66.5 Å². The average molecular weight is 483 g/mol. The maximum atomic E-state index is 12.4. The number of hydrogen-bond donors (Lipinski definition) is 0. The van der Waals surface area contributed by atoms with E-state index >= 15 is 0 Å². The van der Waals surface area contributed by atoms with Crippen molar-refractivity contribution in [2.24, 2.45) is 0 Å². The third-order valence-electron chi connectivity index (χ3n) is 5.14. The molecule has 2 aromatic carbocycles. The molecular weight excluding hydrogens is 448 g/mol. The first-order valence-corrected chi connectivity index (χ1v) is 12.0. The second kappa shape index (κ2) is 10.6. The van der Waals surface area contributed by atoms with Crippen LogP contribution in [0.25, 0.3) is 0 Å². The second-order valence-corrected chi connectivity index (χ2v) is 10.4. The number of benzene rings is 2. The van der Waals surface area contributed by atoms with Gasteiger partial charge in [-0.2, -0.15) is 0 Å². The van der Waals surface area contributed by atoms with Crippen molar-refractivity contribution in [2.45, 2.75) is 78.6 Å². The summed E-state index contributed by atoms with van der Waals surface area (Å²) in [5.74, 6) is 0.882. The van der Waals surface area contributed by atoms with E-state index in [1.807, 2.05) is 45.0 Å². The third-order valence-corrected chi connectivity index (χ3v) is 5.44. The summed E-state index contributed by atoms with van der Waals surface area (Å²) in [5.41, 5.74) is 1.89. The number of carbonyl (C=O) groups excluding carboxylic acids is 1. The molecule has 0 aliphatic carbocycles. The van der Waals surface area contributed by atoms with Gasteiger partial charge in [-0.25, -0.2) is 9.48 Å². The highest BCUT2D eigenvalue weighted by Crippen LogP contribution is 2.23. The normalized spacial score (nSPS) is 11.9. The molecule has 0 radical (unpaired) electrons. The average Bonchev–Trinajstić information content (AvgIpc) is 3.08. The van der Waals surface area contributed by atoms with Crippen LogP contribution in [0.1, 0.15) is 63.6 Å². The van der Waals surface area contributed by atoms with Crippen LogP contribution in [0.15, 0.2) is 52.9 Å². The zero-order valence-corrected chi connectivity index (χ0v) is 21.7. The predicted octanol–water partition coefficient (Wildman–Crippen LogP) is 6.24. The summed E-state index contributed by atoms with van der Waals surface area (Å²) in [6.07, 6.45) is 2.45. The van der Waals surface area contributed by atoms with Gasteiger partial charge in [-0.05, 0) is 89.9 Å². The molecule has 0 aliphatic heterocycles. The van der Waals surface area contributed by atoms with Crippen molar-refractivity contribution in [3.8, 4) is 5.75 Å². The summed E-state index contributed by atoms with van der Waals surface area (Å²) in [6.45, 7) is 11.6. The first-order valence-electron chi connectivity index (χ1n) is 11.5. The minimum atomic E-state index is -1.07. The quantitative estimate of drug-likeness (QED) is 0.266. The van der Waals surface area contributed by atoms with Gasteiger partial charge in [0.1, 0.15) is 11.4 Å². The van der Waals surface area contributed by atoms with Gasteiger partial charge in [0.15, 0.2) is 5.60 Å². The largest absolute Gasteiger partial charge is 0.476 e. The highest BCUT2D eigenvalue weighted by Gasteiger charge is 2.34. The van der Waals surface area contributed by atoms with Crippen LogP contribution in [0.3, 0.4) is 0 Å². The Morgan fingerprint density at radius 1 is 0.971 bits per heavy atom. The number of hydrogen-bond acceptors (Lipinski definition) is 6. The van der Waals surface area contributed by atoms with Gasteiger partial charge in [-0.3, -0.25) is 0 Å². The van der Waals surface area contributed by atoms with E-state index in [-0.39, 0.29) is 0 Å². The van der Waals surface area contributed by atoms with Gasteiger partial charge in [-0.15, -0.1) is 5.10 Å². The lowest BCUT2D eigenvalue weighted by atomic mass is 10.1. The Labute approximate surface area is 206 Å². The molecule has 0 bridgehead atoms. The molecule has 0 amide bonds. The number of esters is 1. The number of rotatable bonds is 9.